The number of methoxy groups -OCH3 is 1. The summed E-state index contributed by atoms with van der Waals surface area (Å²) in [7, 11) is 1.72. The van der Waals surface area contributed by atoms with E-state index in [2.05, 4.69) is 4.98 Å². The van der Waals surface area contributed by atoms with Crippen LogP contribution in [0.3, 0.4) is 0 Å². The highest BCUT2D eigenvalue weighted by molar-refractivity contribution is 8.00. The fraction of sp³-hybridized carbons (Fsp3) is 0.571. The first kappa shape index (κ1) is 14.3. The van der Waals surface area contributed by atoms with Gasteiger partial charge >= 0.3 is 0 Å². The molecule has 0 radical (unpaired) electrons. The van der Waals surface area contributed by atoms with Gasteiger partial charge in [-0.25, -0.2) is 0 Å². The lowest BCUT2D eigenvalue weighted by molar-refractivity contribution is -0.130. The molecule has 104 valence electrons. The SMILES string of the molecule is COC[C@@H]1CCCN(C(=O)CSc2ccncc2)C1. The number of carbonyl (C=O) groups is 1. The molecule has 5 heteroatoms. The Kier molecular flexibility index (Phi) is 5.66. The minimum absolute atomic E-state index is 0.225. The average molecular weight is 280 g/mol. The number of carbonyl (C=O) groups excluding carboxylic acids is 1. The molecule has 0 saturated carbocycles. The van der Waals surface area contributed by atoms with Crippen LogP contribution in [-0.4, -0.2) is 48.4 Å². The second-order valence-corrected chi connectivity index (χ2v) is 5.82. The fourth-order valence-electron chi connectivity index (χ4n) is 2.33. The minimum Gasteiger partial charge on any atom is -0.384 e. The van der Waals surface area contributed by atoms with Crippen molar-refractivity contribution in [2.24, 2.45) is 5.92 Å². The molecular weight excluding hydrogens is 260 g/mol. The maximum atomic E-state index is 12.2. The Labute approximate surface area is 118 Å². The van der Waals surface area contributed by atoms with E-state index < -0.39 is 0 Å². The van der Waals surface area contributed by atoms with Crippen LogP contribution >= 0.6 is 11.8 Å². The molecule has 0 aliphatic carbocycles. The zero-order valence-corrected chi connectivity index (χ0v) is 12.1. The second kappa shape index (κ2) is 7.50. The molecule has 0 bridgehead atoms. The maximum Gasteiger partial charge on any atom is 0.232 e. The molecule has 1 aromatic heterocycles. The third kappa shape index (κ3) is 4.51. The number of hydrogen-bond donors (Lipinski definition) is 0. The highest BCUT2D eigenvalue weighted by atomic mass is 32.2. The predicted molar refractivity (Wildman–Crippen MR) is 76.1 cm³/mol. The molecule has 1 atom stereocenters. The summed E-state index contributed by atoms with van der Waals surface area (Å²) in [5, 5.41) is 0. The first-order valence-corrected chi connectivity index (χ1v) is 7.57. The Bertz CT molecular complexity index is 398. The molecule has 0 N–H and O–H groups in total. The zero-order valence-electron chi connectivity index (χ0n) is 11.2. The van der Waals surface area contributed by atoms with Gasteiger partial charge in [0.1, 0.15) is 0 Å². The quantitative estimate of drug-likeness (QED) is 0.774. The van der Waals surface area contributed by atoms with E-state index in [0.29, 0.717) is 11.7 Å². The van der Waals surface area contributed by atoms with Gasteiger partial charge in [-0.3, -0.25) is 9.78 Å². The molecule has 19 heavy (non-hydrogen) atoms. The Morgan fingerprint density at radius 3 is 3.05 bits per heavy atom. The molecular formula is C14H20N2O2S. The Hall–Kier alpha value is -1.07. The van der Waals surface area contributed by atoms with E-state index in [4.69, 9.17) is 4.74 Å². The molecule has 1 amide bonds. The molecule has 1 aromatic rings. The summed E-state index contributed by atoms with van der Waals surface area (Å²) in [6.07, 6.45) is 5.75. The van der Waals surface area contributed by atoms with Crippen LogP contribution in [0.25, 0.3) is 0 Å². The number of nitrogens with zero attached hydrogens (tertiary/aromatic N) is 2. The van der Waals surface area contributed by atoms with Gasteiger partial charge < -0.3 is 9.64 Å². The van der Waals surface area contributed by atoms with Gasteiger partial charge in [-0.2, -0.15) is 0 Å². The van der Waals surface area contributed by atoms with Crippen LogP contribution in [-0.2, 0) is 9.53 Å². The van der Waals surface area contributed by atoms with Crippen molar-refractivity contribution in [2.45, 2.75) is 17.7 Å². The van der Waals surface area contributed by atoms with E-state index >= 15 is 0 Å². The zero-order chi connectivity index (χ0) is 13.5. The van der Waals surface area contributed by atoms with E-state index in [1.807, 2.05) is 17.0 Å². The molecule has 0 unspecified atom stereocenters. The molecule has 1 aliphatic heterocycles. The lowest BCUT2D eigenvalue weighted by Gasteiger charge is -2.32. The van der Waals surface area contributed by atoms with E-state index in [9.17, 15) is 4.79 Å². The highest BCUT2D eigenvalue weighted by Crippen LogP contribution is 2.20. The van der Waals surface area contributed by atoms with E-state index in [-0.39, 0.29) is 5.91 Å². The van der Waals surface area contributed by atoms with Crippen molar-refractivity contribution in [3.8, 4) is 0 Å². The van der Waals surface area contributed by atoms with Crippen molar-refractivity contribution < 1.29 is 9.53 Å². The second-order valence-electron chi connectivity index (χ2n) is 4.77. The summed E-state index contributed by atoms with van der Waals surface area (Å²) in [4.78, 5) is 19.2. The summed E-state index contributed by atoms with van der Waals surface area (Å²) >= 11 is 1.57. The largest absolute Gasteiger partial charge is 0.384 e. The van der Waals surface area contributed by atoms with E-state index in [1.165, 1.54) is 0 Å². The first-order valence-electron chi connectivity index (χ1n) is 6.59. The Balaban J connectivity index is 1.79. The molecule has 1 saturated heterocycles. The number of pyridine rings is 1. The van der Waals surface area contributed by atoms with Crippen molar-refractivity contribution in [1.29, 1.82) is 0 Å². The number of rotatable bonds is 5. The van der Waals surface area contributed by atoms with Gasteiger partial charge in [-0.1, -0.05) is 0 Å². The van der Waals surface area contributed by atoms with Crippen molar-refractivity contribution >= 4 is 17.7 Å². The van der Waals surface area contributed by atoms with Gasteiger partial charge in [0, 0.05) is 37.5 Å². The van der Waals surface area contributed by atoms with E-state index in [1.54, 1.807) is 31.3 Å². The van der Waals surface area contributed by atoms with Gasteiger partial charge in [-0.15, -0.1) is 11.8 Å². The van der Waals surface area contributed by atoms with E-state index in [0.717, 1.165) is 37.4 Å². The maximum absolute atomic E-state index is 12.2. The highest BCUT2D eigenvalue weighted by Gasteiger charge is 2.23. The molecule has 0 spiro atoms. The average Bonchev–Trinajstić information content (AvgIpc) is 2.46. The standard InChI is InChI=1S/C14H20N2O2S/c1-18-10-12-3-2-8-16(9-12)14(17)11-19-13-4-6-15-7-5-13/h4-7,12H,2-3,8-11H2,1H3/t12-/m1/s1. The lowest BCUT2D eigenvalue weighted by atomic mass is 9.99. The number of thioether (sulfide) groups is 1. The van der Waals surface area contributed by atoms with Crippen LogP contribution in [0, 0.1) is 5.92 Å². The molecule has 0 aromatic carbocycles. The molecule has 2 rings (SSSR count). The van der Waals surface area contributed by atoms with Crippen LogP contribution in [0.5, 0.6) is 0 Å². The summed E-state index contributed by atoms with van der Waals surface area (Å²) in [5.74, 6) is 1.22. The normalized spacial score (nSPS) is 19.4. The minimum atomic E-state index is 0.225. The van der Waals surface area contributed by atoms with Crippen LogP contribution in [0.1, 0.15) is 12.8 Å². The third-order valence-electron chi connectivity index (χ3n) is 3.29. The number of likely N-dealkylation sites (tertiary alicyclic amines) is 1. The fourth-order valence-corrected chi connectivity index (χ4v) is 3.12. The van der Waals surface area contributed by atoms with Gasteiger partial charge in [0.05, 0.1) is 12.4 Å². The smallest absolute Gasteiger partial charge is 0.232 e. The predicted octanol–water partition coefficient (Wildman–Crippen LogP) is 2.06. The van der Waals surface area contributed by atoms with Crippen molar-refractivity contribution in [3.05, 3.63) is 24.5 Å². The number of piperidine rings is 1. The Morgan fingerprint density at radius 2 is 2.32 bits per heavy atom. The third-order valence-corrected chi connectivity index (χ3v) is 4.28. The molecule has 4 nitrogen and oxygen atoms in total. The summed E-state index contributed by atoms with van der Waals surface area (Å²) in [6, 6.07) is 3.86. The van der Waals surface area contributed by atoms with Gasteiger partial charge in [0.15, 0.2) is 0 Å². The summed E-state index contributed by atoms with van der Waals surface area (Å²) < 4.78 is 5.19. The van der Waals surface area contributed by atoms with Crippen LogP contribution < -0.4 is 0 Å². The van der Waals surface area contributed by atoms with Crippen molar-refractivity contribution in [1.82, 2.24) is 9.88 Å². The summed E-state index contributed by atoms with van der Waals surface area (Å²) in [6.45, 7) is 2.47. The van der Waals surface area contributed by atoms with Crippen LogP contribution in [0.4, 0.5) is 0 Å². The Morgan fingerprint density at radius 1 is 1.53 bits per heavy atom. The topological polar surface area (TPSA) is 42.4 Å². The van der Waals surface area contributed by atoms with Crippen LogP contribution in [0.2, 0.25) is 0 Å². The molecule has 2 heterocycles. The molecule has 1 aliphatic rings. The number of ether oxygens (including phenoxy) is 1. The molecule has 1 fully saturated rings. The monoisotopic (exact) mass is 280 g/mol. The summed E-state index contributed by atoms with van der Waals surface area (Å²) in [5.41, 5.74) is 0. The first-order chi connectivity index (χ1) is 9.29. The number of amides is 1. The van der Waals surface area contributed by atoms with Crippen molar-refractivity contribution in [3.63, 3.8) is 0 Å². The number of hydrogen-bond acceptors (Lipinski definition) is 4. The van der Waals surface area contributed by atoms with Gasteiger partial charge in [0.25, 0.3) is 0 Å². The van der Waals surface area contributed by atoms with Gasteiger partial charge in [0.2, 0.25) is 5.91 Å². The van der Waals surface area contributed by atoms with Crippen LogP contribution in [0.15, 0.2) is 29.4 Å². The lowest BCUT2D eigenvalue weighted by Crippen LogP contribution is -2.42. The van der Waals surface area contributed by atoms with Crippen molar-refractivity contribution in [2.75, 3.05) is 32.6 Å². The number of aromatic nitrogens is 1. The van der Waals surface area contributed by atoms with Gasteiger partial charge in [-0.05, 0) is 30.9 Å².